The van der Waals surface area contributed by atoms with Crippen LogP contribution in [0.2, 0.25) is 0 Å². The van der Waals surface area contributed by atoms with Gasteiger partial charge in [0.15, 0.2) is 0 Å². The van der Waals surface area contributed by atoms with Crippen LogP contribution in [-0.4, -0.2) is 10.2 Å². The maximum absolute atomic E-state index is 5.81. The molecule has 4 nitrogen and oxygen atoms in total. The van der Waals surface area contributed by atoms with Gasteiger partial charge >= 0.3 is 0 Å². The van der Waals surface area contributed by atoms with Gasteiger partial charge in [0.2, 0.25) is 11.8 Å². The first-order valence-corrected chi connectivity index (χ1v) is 9.12. The molecule has 4 rings (SSSR count). The summed E-state index contributed by atoms with van der Waals surface area (Å²) in [7, 11) is 0. The summed E-state index contributed by atoms with van der Waals surface area (Å²) in [6.07, 6.45) is 0. The van der Waals surface area contributed by atoms with Gasteiger partial charge in [0, 0.05) is 21.2 Å². The van der Waals surface area contributed by atoms with Gasteiger partial charge in [-0.3, -0.25) is 0 Å². The van der Waals surface area contributed by atoms with Crippen molar-refractivity contribution in [2.45, 2.75) is 26.4 Å². The Kier molecular flexibility index (Phi) is 4.34. The van der Waals surface area contributed by atoms with Crippen LogP contribution in [0.5, 0.6) is 0 Å². The second kappa shape index (κ2) is 6.78. The molecule has 2 heterocycles. The third-order valence-electron chi connectivity index (χ3n) is 4.27. The molecule has 25 heavy (non-hydrogen) atoms. The number of fused-ring (bicyclic) bond motifs is 1. The van der Waals surface area contributed by atoms with E-state index >= 15 is 0 Å². The van der Waals surface area contributed by atoms with Crippen molar-refractivity contribution in [2.75, 3.05) is 0 Å². The number of thiophene rings is 1. The lowest BCUT2D eigenvalue weighted by Gasteiger charge is -2.09. The molecule has 0 amide bonds. The van der Waals surface area contributed by atoms with Crippen molar-refractivity contribution in [2.24, 2.45) is 0 Å². The van der Waals surface area contributed by atoms with Crippen molar-refractivity contribution in [1.29, 1.82) is 0 Å². The average Bonchev–Trinajstić information content (AvgIpc) is 3.27. The van der Waals surface area contributed by atoms with E-state index < -0.39 is 0 Å². The average molecular weight is 349 g/mol. The topological polar surface area (TPSA) is 51.0 Å². The molecule has 0 radical (unpaired) electrons. The number of aromatic nitrogens is 2. The SMILES string of the molecule is Cc1ccccc1-c1nnc(CNC(C)c2cc3ccccc3s2)o1. The van der Waals surface area contributed by atoms with E-state index in [1.807, 2.05) is 42.5 Å². The fourth-order valence-corrected chi connectivity index (χ4v) is 3.89. The van der Waals surface area contributed by atoms with E-state index in [0.717, 1.165) is 11.1 Å². The molecule has 2 aromatic carbocycles. The van der Waals surface area contributed by atoms with Crippen LogP contribution in [0.4, 0.5) is 0 Å². The third-order valence-corrected chi connectivity index (χ3v) is 5.57. The molecule has 0 fully saturated rings. The summed E-state index contributed by atoms with van der Waals surface area (Å²) in [5.74, 6) is 1.18. The van der Waals surface area contributed by atoms with Crippen LogP contribution >= 0.6 is 11.3 Å². The highest BCUT2D eigenvalue weighted by Gasteiger charge is 2.13. The Balaban J connectivity index is 1.45. The molecule has 0 bridgehead atoms. The van der Waals surface area contributed by atoms with Crippen molar-refractivity contribution in [3.05, 3.63) is 70.9 Å². The molecule has 0 spiro atoms. The van der Waals surface area contributed by atoms with Gasteiger partial charge in [-0.2, -0.15) is 0 Å². The molecule has 0 saturated carbocycles. The lowest BCUT2D eigenvalue weighted by atomic mass is 10.1. The Morgan fingerprint density at radius 3 is 2.72 bits per heavy atom. The molecule has 0 aliphatic rings. The van der Waals surface area contributed by atoms with Crippen LogP contribution in [0.3, 0.4) is 0 Å². The van der Waals surface area contributed by atoms with E-state index in [1.165, 1.54) is 15.0 Å². The zero-order valence-corrected chi connectivity index (χ0v) is 15.0. The number of aryl methyl sites for hydroxylation is 1. The van der Waals surface area contributed by atoms with Crippen LogP contribution < -0.4 is 5.32 Å². The molecule has 1 N–H and O–H groups in total. The van der Waals surface area contributed by atoms with Crippen molar-refractivity contribution in [1.82, 2.24) is 15.5 Å². The second-order valence-corrected chi connectivity index (χ2v) is 7.22. The third kappa shape index (κ3) is 3.34. The highest BCUT2D eigenvalue weighted by atomic mass is 32.1. The molecule has 4 aromatic rings. The fourth-order valence-electron chi connectivity index (χ4n) is 2.80. The van der Waals surface area contributed by atoms with Gasteiger partial charge in [-0.05, 0) is 43.0 Å². The summed E-state index contributed by atoms with van der Waals surface area (Å²) in [5.41, 5.74) is 2.11. The van der Waals surface area contributed by atoms with Crippen LogP contribution in [0.1, 0.15) is 29.3 Å². The van der Waals surface area contributed by atoms with E-state index in [2.05, 4.69) is 52.8 Å². The molecule has 0 aliphatic heterocycles. The summed E-state index contributed by atoms with van der Waals surface area (Å²) < 4.78 is 7.13. The van der Waals surface area contributed by atoms with E-state index in [1.54, 1.807) is 0 Å². The van der Waals surface area contributed by atoms with Gasteiger partial charge in [0.1, 0.15) is 0 Å². The van der Waals surface area contributed by atoms with Crippen LogP contribution in [0, 0.1) is 6.92 Å². The van der Waals surface area contributed by atoms with Gasteiger partial charge in [0.05, 0.1) is 6.54 Å². The molecule has 0 aliphatic carbocycles. The fraction of sp³-hybridized carbons (Fsp3) is 0.200. The number of nitrogens with zero attached hydrogens (tertiary/aromatic N) is 2. The first-order chi connectivity index (χ1) is 12.2. The van der Waals surface area contributed by atoms with E-state index in [4.69, 9.17) is 4.42 Å². The molecule has 0 saturated heterocycles. The standard InChI is InChI=1S/C20H19N3OS/c1-13-7-3-5-9-16(13)20-23-22-19(24-20)12-21-14(2)18-11-15-8-4-6-10-17(15)25-18/h3-11,14,21H,12H2,1-2H3. The van der Waals surface area contributed by atoms with Crippen LogP contribution in [-0.2, 0) is 6.54 Å². The van der Waals surface area contributed by atoms with E-state index in [0.29, 0.717) is 18.3 Å². The zero-order valence-electron chi connectivity index (χ0n) is 14.2. The maximum atomic E-state index is 5.81. The Hall–Kier alpha value is -2.50. The van der Waals surface area contributed by atoms with Gasteiger partial charge in [-0.1, -0.05) is 36.4 Å². The number of hydrogen-bond donors (Lipinski definition) is 1. The summed E-state index contributed by atoms with van der Waals surface area (Å²) in [5, 5.41) is 13.1. The van der Waals surface area contributed by atoms with Crippen molar-refractivity contribution < 1.29 is 4.42 Å². The smallest absolute Gasteiger partial charge is 0.248 e. The zero-order chi connectivity index (χ0) is 17.2. The highest BCUT2D eigenvalue weighted by Crippen LogP contribution is 2.29. The quantitative estimate of drug-likeness (QED) is 0.544. The van der Waals surface area contributed by atoms with Gasteiger partial charge in [-0.25, -0.2) is 0 Å². The Bertz CT molecular complexity index is 972. The van der Waals surface area contributed by atoms with Gasteiger partial charge in [0.25, 0.3) is 0 Å². The molecular weight excluding hydrogens is 330 g/mol. The largest absolute Gasteiger partial charge is 0.419 e. The highest BCUT2D eigenvalue weighted by molar-refractivity contribution is 7.19. The Morgan fingerprint density at radius 1 is 1.08 bits per heavy atom. The lowest BCUT2D eigenvalue weighted by molar-refractivity contribution is 0.456. The van der Waals surface area contributed by atoms with Crippen LogP contribution in [0.25, 0.3) is 21.5 Å². The van der Waals surface area contributed by atoms with E-state index in [9.17, 15) is 0 Å². The predicted octanol–water partition coefficient (Wildman–Crippen LogP) is 5.11. The number of rotatable bonds is 5. The summed E-state index contributed by atoms with van der Waals surface area (Å²) >= 11 is 1.82. The molecule has 5 heteroatoms. The molecular formula is C20H19N3OS. The first kappa shape index (κ1) is 16.0. The van der Waals surface area contributed by atoms with E-state index in [-0.39, 0.29) is 6.04 Å². The first-order valence-electron chi connectivity index (χ1n) is 8.31. The molecule has 126 valence electrons. The van der Waals surface area contributed by atoms with Gasteiger partial charge in [-0.15, -0.1) is 21.5 Å². The van der Waals surface area contributed by atoms with Crippen LogP contribution in [0.15, 0.2) is 59.0 Å². The minimum absolute atomic E-state index is 0.228. The maximum Gasteiger partial charge on any atom is 0.248 e. The predicted molar refractivity (Wildman–Crippen MR) is 102 cm³/mol. The summed E-state index contributed by atoms with van der Waals surface area (Å²) in [6.45, 7) is 4.75. The second-order valence-electron chi connectivity index (χ2n) is 6.11. The Labute approximate surface area is 150 Å². The molecule has 2 aromatic heterocycles. The van der Waals surface area contributed by atoms with Crippen molar-refractivity contribution in [3.8, 4) is 11.5 Å². The Morgan fingerprint density at radius 2 is 1.88 bits per heavy atom. The molecule has 1 unspecified atom stereocenters. The minimum Gasteiger partial charge on any atom is -0.419 e. The lowest BCUT2D eigenvalue weighted by Crippen LogP contribution is -2.17. The summed E-state index contributed by atoms with van der Waals surface area (Å²) in [4.78, 5) is 1.31. The van der Waals surface area contributed by atoms with Crippen molar-refractivity contribution >= 4 is 21.4 Å². The number of benzene rings is 2. The normalized spacial score (nSPS) is 12.6. The number of nitrogens with one attached hydrogen (secondary N) is 1. The van der Waals surface area contributed by atoms with Gasteiger partial charge < -0.3 is 9.73 Å². The number of hydrogen-bond acceptors (Lipinski definition) is 5. The monoisotopic (exact) mass is 349 g/mol. The van der Waals surface area contributed by atoms with Crippen molar-refractivity contribution in [3.63, 3.8) is 0 Å². The summed E-state index contributed by atoms with van der Waals surface area (Å²) in [6, 6.07) is 18.9. The molecule has 1 atom stereocenters. The minimum atomic E-state index is 0.228.